The number of halogens is 1. The Balaban J connectivity index is 1.41. The Morgan fingerprint density at radius 2 is 1.82 bits per heavy atom. The molecule has 3 aromatic rings. The summed E-state index contributed by atoms with van der Waals surface area (Å²) < 4.78 is 24.2. The van der Waals surface area contributed by atoms with E-state index in [1.54, 1.807) is 19.2 Å². The van der Waals surface area contributed by atoms with E-state index in [1.807, 2.05) is 25.1 Å². The molecule has 1 saturated heterocycles. The largest absolute Gasteiger partial charge is 0.495 e. The Labute approximate surface area is 164 Å². The highest BCUT2D eigenvalue weighted by molar-refractivity contribution is 5.61. The summed E-state index contributed by atoms with van der Waals surface area (Å²) in [6.45, 7) is 6.84. The van der Waals surface area contributed by atoms with Crippen LogP contribution in [-0.4, -0.2) is 38.4 Å². The van der Waals surface area contributed by atoms with Gasteiger partial charge in [-0.3, -0.25) is 0 Å². The lowest BCUT2D eigenvalue weighted by Gasteiger charge is -2.34. The van der Waals surface area contributed by atoms with Gasteiger partial charge in [0.2, 0.25) is 0 Å². The predicted molar refractivity (Wildman–Crippen MR) is 106 cm³/mol. The summed E-state index contributed by atoms with van der Waals surface area (Å²) >= 11 is 0. The lowest BCUT2D eigenvalue weighted by atomic mass is 10.1. The Morgan fingerprint density at radius 1 is 1.11 bits per heavy atom. The molecule has 146 valence electrons. The standard InChI is InChI=1S/C22H24FN3O2/c1-16-19(24-28-22(16)17-7-9-18(23)10-8-17)15-25-11-13-26(14-12-25)20-5-3-4-6-21(20)27-2/h3-10H,11-15H2,1-2H3/p+1. The van der Waals surface area contributed by atoms with E-state index in [4.69, 9.17) is 9.26 Å². The quantitative estimate of drug-likeness (QED) is 0.737. The fourth-order valence-corrected chi connectivity index (χ4v) is 3.77. The van der Waals surface area contributed by atoms with Crippen LogP contribution in [0.5, 0.6) is 5.75 Å². The van der Waals surface area contributed by atoms with E-state index in [2.05, 4.69) is 16.1 Å². The fraction of sp³-hybridized carbons (Fsp3) is 0.318. The molecule has 2 aromatic carbocycles. The smallest absolute Gasteiger partial charge is 0.170 e. The molecule has 1 aromatic heterocycles. The van der Waals surface area contributed by atoms with Crippen LogP contribution in [0.3, 0.4) is 0 Å². The molecule has 0 bridgehead atoms. The molecule has 0 saturated carbocycles. The highest BCUT2D eigenvalue weighted by Gasteiger charge is 2.25. The molecule has 1 aliphatic rings. The van der Waals surface area contributed by atoms with Gasteiger partial charge in [-0.15, -0.1) is 0 Å². The third-order valence-corrected chi connectivity index (χ3v) is 5.44. The Bertz CT molecular complexity index is 931. The number of hydrogen-bond donors (Lipinski definition) is 1. The Morgan fingerprint density at radius 3 is 2.54 bits per heavy atom. The predicted octanol–water partition coefficient (Wildman–Crippen LogP) is 2.70. The summed E-state index contributed by atoms with van der Waals surface area (Å²) in [6.07, 6.45) is 0. The number of aromatic nitrogens is 1. The number of hydrogen-bond acceptors (Lipinski definition) is 4. The van der Waals surface area contributed by atoms with Crippen molar-refractivity contribution in [2.75, 3.05) is 38.2 Å². The highest BCUT2D eigenvalue weighted by Crippen LogP contribution is 2.28. The number of anilines is 1. The van der Waals surface area contributed by atoms with Crippen LogP contribution in [0.2, 0.25) is 0 Å². The fourth-order valence-electron chi connectivity index (χ4n) is 3.77. The number of ether oxygens (including phenoxy) is 1. The summed E-state index contributed by atoms with van der Waals surface area (Å²) in [4.78, 5) is 3.86. The average molecular weight is 382 g/mol. The molecule has 2 heterocycles. The second-order valence-corrected chi connectivity index (χ2v) is 7.18. The van der Waals surface area contributed by atoms with Crippen molar-refractivity contribution < 1.29 is 18.6 Å². The van der Waals surface area contributed by atoms with Crippen LogP contribution in [0.4, 0.5) is 10.1 Å². The first kappa shape index (κ1) is 18.5. The zero-order valence-electron chi connectivity index (χ0n) is 16.2. The summed E-state index contributed by atoms with van der Waals surface area (Å²) in [5.41, 5.74) is 4.01. The number of rotatable bonds is 5. The van der Waals surface area contributed by atoms with E-state index in [0.717, 1.165) is 66.7 Å². The van der Waals surface area contributed by atoms with Crippen molar-refractivity contribution in [1.82, 2.24) is 5.16 Å². The number of piperazine rings is 1. The summed E-state index contributed by atoms with van der Waals surface area (Å²) in [6, 6.07) is 14.5. The molecule has 1 fully saturated rings. The number of nitrogens with zero attached hydrogens (tertiary/aromatic N) is 2. The first-order valence-corrected chi connectivity index (χ1v) is 9.58. The first-order chi connectivity index (χ1) is 13.7. The first-order valence-electron chi connectivity index (χ1n) is 9.58. The number of nitrogens with one attached hydrogen (secondary N) is 1. The van der Waals surface area contributed by atoms with E-state index in [-0.39, 0.29) is 5.82 Å². The van der Waals surface area contributed by atoms with Crippen molar-refractivity contribution in [3.05, 3.63) is 65.6 Å². The summed E-state index contributed by atoms with van der Waals surface area (Å²) in [5.74, 6) is 1.39. The minimum Gasteiger partial charge on any atom is -0.495 e. The molecule has 0 radical (unpaired) electrons. The van der Waals surface area contributed by atoms with E-state index < -0.39 is 0 Å². The monoisotopic (exact) mass is 382 g/mol. The highest BCUT2D eigenvalue weighted by atomic mass is 19.1. The van der Waals surface area contributed by atoms with Gasteiger partial charge in [0.15, 0.2) is 5.76 Å². The van der Waals surface area contributed by atoms with Crippen molar-refractivity contribution in [1.29, 1.82) is 0 Å². The summed E-state index contributed by atoms with van der Waals surface area (Å²) in [7, 11) is 1.71. The lowest BCUT2D eigenvalue weighted by molar-refractivity contribution is -0.914. The van der Waals surface area contributed by atoms with Gasteiger partial charge in [0.25, 0.3) is 0 Å². The van der Waals surface area contributed by atoms with Gasteiger partial charge in [0.1, 0.15) is 23.8 Å². The SMILES string of the molecule is COc1ccccc1N1CC[NH+](Cc2noc(-c3ccc(F)cc3)c2C)CC1. The van der Waals surface area contributed by atoms with Crippen LogP contribution < -0.4 is 14.5 Å². The zero-order valence-corrected chi connectivity index (χ0v) is 16.2. The normalized spacial score (nSPS) is 15.0. The van der Waals surface area contributed by atoms with Crippen molar-refractivity contribution in [3.63, 3.8) is 0 Å². The topological polar surface area (TPSA) is 42.9 Å². The van der Waals surface area contributed by atoms with Gasteiger partial charge < -0.3 is 19.1 Å². The molecule has 0 aliphatic carbocycles. The molecular formula is C22H25FN3O2+. The molecule has 28 heavy (non-hydrogen) atoms. The van der Waals surface area contributed by atoms with Crippen LogP contribution in [0.25, 0.3) is 11.3 Å². The van der Waals surface area contributed by atoms with Gasteiger partial charge in [-0.1, -0.05) is 17.3 Å². The van der Waals surface area contributed by atoms with Crippen LogP contribution in [0.15, 0.2) is 53.1 Å². The molecule has 0 atom stereocenters. The van der Waals surface area contributed by atoms with Crippen LogP contribution >= 0.6 is 0 Å². The number of quaternary nitrogens is 1. The maximum Gasteiger partial charge on any atom is 0.170 e. The second-order valence-electron chi connectivity index (χ2n) is 7.18. The van der Waals surface area contributed by atoms with E-state index in [1.165, 1.54) is 17.0 Å². The Kier molecular flexibility index (Phi) is 5.30. The molecule has 1 N–H and O–H groups in total. The van der Waals surface area contributed by atoms with Gasteiger partial charge >= 0.3 is 0 Å². The van der Waals surface area contributed by atoms with Crippen molar-refractivity contribution >= 4 is 5.69 Å². The molecule has 0 amide bonds. The number of para-hydroxylation sites is 2. The van der Waals surface area contributed by atoms with E-state index >= 15 is 0 Å². The van der Waals surface area contributed by atoms with Crippen molar-refractivity contribution in [2.24, 2.45) is 0 Å². The maximum absolute atomic E-state index is 13.2. The van der Waals surface area contributed by atoms with Gasteiger partial charge in [0.05, 0.1) is 39.0 Å². The minimum atomic E-state index is -0.251. The van der Waals surface area contributed by atoms with Gasteiger partial charge in [-0.05, 0) is 43.3 Å². The number of benzene rings is 2. The minimum absolute atomic E-state index is 0.251. The molecular weight excluding hydrogens is 357 g/mol. The van der Waals surface area contributed by atoms with Gasteiger partial charge in [-0.2, -0.15) is 0 Å². The molecule has 0 unspecified atom stereocenters. The van der Waals surface area contributed by atoms with E-state index in [0.29, 0.717) is 0 Å². The summed E-state index contributed by atoms with van der Waals surface area (Å²) in [5, 5.41) is 4.29. The van der Waals surface area contributed by atoms with Crippen molar-refractivity contribution in [3.8, 4) is 17.1 Å². The van der Waals surface area contributed by atoms with Crippen LogP contribution in [0, 0.1) is 12.7 Å². The third-order valence-electron chi connectivity index (χ3n) is 5.44. The number of methoxy groups -OCH3 is 1. The molecule has 6 heteroatoms. The third kappa shape index (κ3) is 3.73. The van der Waals surface area contributed by atoms with Gasteiger partial charge in [0, 0.05) is 11.1 Å². The lowest BCUT2D eigenvalue weighted by Crippen LogP contribution is -3.13. The molecule has 1 aliphatic heterocycles. The average Bonchev–Trinajstić information content (AvgIpc) is 3.09. The van der Waals surface area contributed by atoms with Gasteiger partial charge in [-0.25, -0.2) is 4.39 Å². The van der Waals surface area contributed by atoms with E-state index in [9.17, 15) is 4.39 Å². The Hall–Kier alpha value is -2.86. The van der Waals surface area contributed by atoms with Crippen LogP contribution in [-0.2, 0) is 6.54 Å². The molecule has 5 nitrogen and oxygen atoms in total. The zero-order chi connectivity index (χ0) is 19.5. The molecule has 4 rings (SSSR count). The maximum atomic E-state index is 13.2. The van der Waals surface area contributed by atoms with Crippen LogP contribution in [0.1, 0.15) is 11.3 Å². The van der Waals surface area contributed by atoms with Crippen molar-refractivity contribution in [2.45, 2.75) is 13.5 Å². The molecule has 0 spiro atoms. The second kappa shape index (κ2) is 8.02.